The topological polar surface area (TPSA) is 143 Å². The van der Waals surface area contributed by atoms with Crippen molar-refractivity contribution >= 4 is 29.1 Å². The van der Waals surface area contributed by atoms with Gasteiger partial charge in [-0.2, -0.15) is 9.61 Å². The van der Waals surface area contributed by atoms with E-state index < -0.39 is 11.7 Å². The Bertz CT molecular complexity index is 1630. The molecule has 0 radical (unpaired) electrons. The van der Waals surface area contributed by atoms with Gasteiger partial charge >= 0.3 is 6.09 Å². The summed E-state index contributed by atoms with van der Waals surface area (Å²) in [5, 5.41) is 16.2. The van der Waals surface area contributed by atoms with Gasteiger partial charge in [0, 0.05) is 39.1 Å². The minimum absolute atomic E-state index is 0.112. The number of amides is 1. The van der Waals surface area contributed by atoms with Crippen LogP contribution >= 0.6 is 0 Å². The van der Waals surface area contributed by atoms with E-state index in [1.165, 1.54) is 9.42 Å². The number of nitrogens with one attached hydrogen (secondary N) is 1. The predicted molar refractivity (Wildman–Crippen MR) is 156 cm³/mol. The maximum atomic E-state index is 13.6. The molecule has 1 fully saturated rings. The first kappa shape index (κ1) is 29.2. The molecule has 0 aromatic carbocycles. The fraction of sp³-hybridized carbons (Fsp3) is 0.500. The SMILES string of the molecule is CO[C@H]1COCC[C@H]1n1cccc(Nc2cc(N(C)C(=O)OC(C)(C)C)n3ncc(-c4cn(C(C)C)nn4)c3n2)c1=O. The van der Waals surface area contributed by atoms with Crippen LogP contribution in [0.2, 0.25) is 0 Å². The molecule has 0 saturated carbocycles. The Balaban J connectivity index is 1.59. The maximum Gasteiger partial charge on any atom is 0.415 e. The lowest BCUT2D eigenvalue weighted by molar-refractivity contribution is -0.0609. The minimum atomic E-state index is -0.706. The molecule has 1 saturated heterocycles. The standard InChI is InChI=1S/C28H37N9O5/c1-17(2)36-15-20(32-33-36)18-14-29-37-24(34(6)27(39)42-28(3,4)5)13-23(31-25(18)37)30-19-9-8-11-35(26(19)38)21-10-12-41-16-22(21)40-7/h8-9,11,13-15,17,21-22H,10,12,16H2,1-7H3,(H,30,31)/t21-,22+/m1/s1. The molecule has 0 bridgehead atoms. The molecular weight excluding hydrogens is 542 g/mol. The van der Waals surface area contributed by atoms with Crippen LogP contribution in [-0.2, 0) is 14.2 Å². The fourth-order valence-corrected chi connectivity index (χ4v) is 4.76. The van der Waals surface area contributed by atoms with Crippen molar-refractivity contribution in [2.75, 3.05) is 37.6 Å². The van der Waals surface area contributed by atoms with Gasteiger partial charge in [-0.1, -0.05) is 5.21 Å². The van der Waals surface area contributed by atoms with E-state index in [4.69, 9.17) is 19.2 Å². The molecule has 4 aromatic rings. The number of hydrogen-bond acceptors (Lipinski definition) is 10. The second-order valence-electron chi connectivity index (χ2n) is 11.5. The Labute approximate surface area is 243 Å². The van der Waals surface area contributed by atoms with E-state index in [1.54, 1.807) is 74.8 Å². The van der Waals surface area contributed by atoms with Crippen LogP contribution in [0.5, 0.6) is 0 Å². The van der Waals surface area contributed by atoms with Gasteiger partial charge in [0.1, 0.15) is 34.7 Å². The molecule has 5 rings (SSSR count). The second-order valence-corrected chi connectivity index (χ2v) is 11.5. The average molecular weight is 580 g/mol. The highest BCUT2D eigenvalue weighted by Crippen LogP contribution is 2.29. The van der Waals surface area contributed by atoms with Gasteiger partial charge in [-0.25, -0.2) is 14.5 Å². The van der Waals surface area contributed by atoms with E-state index in [1.807, 2.05) is 20.0 Å². The number of carbonyl (C=O) groups excluding carboxylic acids is 1. The summed E-state index contributed by atoms with van der Waals surface area (Å²) in [6.45, 7) is 10.4. The second kappa shape index (κ2) is 11.5. The molecule has 0 unspecified atom stereocenters. The summed E-state index contributed by atoms with van der Waals surface area (Å²) in [6, 6.07) is 5.07. The monoisotopic (exact) mass is 579 g/mol. The zero-order valence-electron chi connectivity index (χ0n) is 24.9. The Morgan fingerprint density at radius 3 is 2.76 bits per heavy atom. The molecule has 2 atom stereocenters. The number of rotatable bonds is 7. The van der Waals surface area contributed by atoms with Crippen molar-refractivity contribution in [3.63, 3.8) is 0 Å². The number of aromatic nitrogens is 7. The predicted octanol–water partition coefficient (Wildman–Crippen LogP) is 3.82. The first-order valence-corrected chi connectivity index (χ1v) is 13.8. The average Bonchev–Trinajstić information content (AvgIpc) is 3.60. The van der Waals surface area contributed by atoms with Gasteiger partial charge in [0.25, 0.3) is 5.56 Å². The van der Waals surface area contributed by atoms with E-state index in [-0.39, 0.29) is 23.7 Å². The van der Waals surface area contributed by atoms with Gasteiger partial charge in [-0.15, -0.1) is 5.10 Å². The van der Waals surface area contributed by atoms with E-state index in [9.17, 15) is 9.59 Å². The highest BCUT2D eigenvalue weighted by Gasteiger charge is 2.29. The first-order chi connectivity index (χ1) is 20.0. The summed E-state index contributed by atoms with van der Waals surface area (Å²) in [5.74, 6) is 0.704. The molecule has 1 aliphatic rings. The van der Waals surface area contributed by atoms with E-state index in [0.29, 0.717) is 53.9 Å². The summed E-state index contributed by atoms with van der Waals surface area (Å²) in [7, 11) is 3.21. The van der Waals surface area contributed by atoms with Crippen molar-refractivity contribution in [1.82, 2.24) is 34.2 Å². The van der Waals surface area contributed by atoms with Gasteiger partial charge in [0.15, 0.2) is 5.65 Å². The summed E-state index contributed by atoms with van der Waals surface area (Å²) in [4.78, 5) is 32.9. The van der Waals surface area contributed by atoms with Crippen molar-refractivity contribution in [3.05, 3.63) is 47.1 Å². The molecule has 4 aromatic heterocycles. The summed E-state index contributed by atoms with van der Waals surface area (Å²) < 4.78 is 21.7. The van der Waals surface area contributed by atoms with Crippen LogP contribution < -0.4 is 15.8 Å². The third-order valence-electron chi connectivity index (χ3n) is 6.95. The lowest BCUT2D eigenvalue weighted by Crippen LogP contribution is -2.40. The van der Waals surface area contributed by atoms with Crippen molar-refractivity contribution in [1.29, 1.82) is 0 Å². The molecule has 5 heterocycles. The van der Waals surface area contributed by atoms with Crippen LogP contribution in [0.4, 0.5) is 22.1 Å². The van der Waals surface area contributed by atoms with Crippen LogP contribution in [0, 0.1) is 0 Å². The molecule has 224 valence electrons. The number of anilines is 3. The zero-order valence-corrected chi connectivity index (χ0v) is 24.9. The molecule has 1 N–H and O–H groups in total. The Hall–Kier alpha value is -4.30. The molecule has 1 amide bonds. The van der Waals surface area contributed by atoms with Crippen LogP contribution in [0.15, 0.2) is 41.6 Å². The quantitative estimate of drug-likeness (QED) is 0.343. The summed E-state index contributed by atoms with van der Waals surface area (Å²) in [5.41, 5.74) is 0.975. The van der Waals surface area contributed by atoms with Crippen LogP contribution in [0.3, 0.4) is 0 Å². The number of ether oxygens (including phenoxy) is 3. The van der Waals surface area contributed by atoms with Crippen molar-refractivity contribution < 1.29 is 19.0 Å². The number of fused-ring (bicyclic) bond motifs is 1. The normalized spacial score (nSPS) is 17.5. The van der Waals surface area contributed by atoms with Gasteiger partial charge in [-0.3, -0.25) is 9.69 Å². The number of nitrogens with zero attached hydrogens (tertiary/aromatic N) is 8. The van der Waals surface area contributed by atoms with Crippen molar-refractivity contribution in [2.24, 2.45) is 0 Å². The van der Waals surface area contributed by atoms with E-state index in [0.717, 1.165) is 0 Å². The number of carbonyl (C=O) groups is 1. The van der Waals surface area contributed by atoms with E-state index in [2.05, 4.69) is 20.7 Å². The summed E-state index contributed by atoms with van der Waals surface area (Å²) in [6.07, 6.45) is 5.02. The fourth-order valence-electron chi connectivity index (χ4n) is 4.76. The molecule has 0 spiro atoms. The highest BCUT2D eigenvalue weighted by molar-refractivity contribution is 5.88. The third-order valence-corrected chi connectivity index (χ3v) is 6.95. The van der Waals surface area contributed by atoms with Crippen molar-refractivity contribution in [2.45, 2.75) is 64.8 Å². The molecule has 1 aliphatic heterocycles. The molecule has 42 heavy (non-hydrogen) atoms. The minimum Gasteiger partial charge on any atom is -0.443 e. The summed E-state index contributed by atoms with van der Waals surface area (Å²) >= 11 is 0. The molecule has 14 heteroatoms. The lowest BCUT2D eigenvalue weighted by atomic mass is 10.1. The third kappa shape index (κ3) is 5.85. The van der Waals surface area contributed by atoms with Gasteiger partial charge < -0.3 is 24.1 Å². The molecular formula is C28H37N9O5. The van der Waals surface area contributed by atoms with Gasteiger partial charge in [-0.05, 0) is 53.2 Å². The Morgan fingerprint density at radius 1 is 1.29 bits per heavy atom. The number of methoxy groups -OCH3 is 1. The Kier molecular flexibility index (Phi) is 8.01. The highest BCUT2D eigenvalue weighted by atomic mass is 16.6. The first-order valence-electron chi connectivity index (χ1n) is 13.8. The van der Waals surface area contributed by atoms with E-state index >= 15 is 0 Å². The van der Waals surface area contributed by atoms with Gasteiger partial charge in [0.2, 0.25) is 0 Å². The van der Waals surface area contributed by atoms with Crippen LogP contribution in [0.25, 0.3) is 16.9 Å². The number of pyridine rings is 1. The zero-order chi connectivity index (χ0) is 30.2. The maximum absolute atomic E-state index is 13.6. The number of hydrogen-bond donors (Lipinski definition) is 1. The molecule has 14 nitrogen and oxygen atoms in total. The van der Waals surface area contributed by atoms with Crippen LogP contribution in [-0.4, -0.2) is 79.3 Å². The lowest BCUT2D eigenvalue weighted by Gasteiger charge is -2.32. The molecule has 0 aliphatic carbocycles. The van der Waals surface area contributed by atoms with Crippen LogP contribution in [0.1, 0.15) is 53.1 Å². The smallest absolute Gasteiger partial charge is 0.415 e. The van der Waals surface area contributed by atoms with Gasteiger partial charge in [0.05, 0.1) is 30.6 Å². The largest absolute Gasteiger partial charge is 0.443 e. The Morgan fingerprint density at radius 2 is 2.07 bits per heavy atom. The van der Waals surface area contributed by atoms with Crippen molar-refractivity contribution in [3.8, 4) is 11.3 Å².